The van der Waals surface area contributed by atoms with E-state index in [0.717, 1.165) is 23.1 Å². The highest BCUT2D eigenvalue weighted by Crippen LogP contribution is 2.20. The van der Waals surface area contributed by atoms with Gasteiger partial charge in [-0.3, -0.25) is 0 Å². The van der Waals surface area contributed by atoms with Gasteiger partial charge in [0.05, 0.1) is 0 Å². The van der Waals surface area contributed by atoms with E-state index in [0.29, 0.717) is 0 Å². The molecule has 1 N–H and O–H groups in total. The summed E-state index contributed by atoms with van der Waals surface area (Å²) in [6.07, 6.45) is 2.76. The van der Waals surface area contributed by atoms with Crippen molar-refractivity contribution in [1.29, 1.82) is 0 Å². The van der Waals surface area contributed by atoms with E-state index < -0.39 is 5.97 Å². The average molecular weight is 298 g/mol. The predicted octanol–water partition coefficient (Wildman–Crippen LogP) is 4.53. The molecule has 0 aromatic heterocycles. The second-order valence-corrected chi connectivity index (χ2v) is 5.82. The lowest BCUT2D eigenvalue weighted by atomic mass is 10.1. The summed E-state index contributed by atoms with van der Waals surface area (Å²) in [6, 6.07) is 16.4. The zero-order chi connectivity index (χ0) is 15.1. The molecule has 0 amide bonds. The number of thioether (sulfide) groups is 1. The van der Waals surface area contributed by atoms with Crippen molar-refractivity contribution in [2.45, 2.75) is 18.4 Å². The lowest BCUT2D eigenvalue weighted by molar-refractivity contribution is -0.131. The lowest BCUT2D eigenvalue weighted by Gasteiger charge is -2.05. The Bertz CT molecular complexity index is 630. The van der Waals surface area contributed by atoms with Crippen LogP contribution in [0.1, 0.15) is 22.3 Å². The Balaban J connectivity index is 1.87. The van der Waals surface area contributed by atoms with E-state index in [1.54, 1.807) is 6.08 Å². The van der Waals surface area contributed by atoms with Crippen molar-refractivity contribution in [3.63, 3.8) is 0 Å². The third kappa shape index (κ3) is 5.12. The molecule has 2 aromatic rings. The second kappa shape index (κ2) is 7.70. The number of hydrogen-bond acceptors (Lipinski definition) is 2. The Morgan fingerprint density at radius 3 is 2.48 bits per heavy atom. The maximum absolute atomic E-state index is 10.5. The molecule has 0 unspecified atom stereocenters. The van der Waals surface area contributed by atoms with E-state index in [1.807, 2.05) is 36.0 Å². The van der Waals surface area contributed by atoms with Crippen molar-refractivity contribution in [2.24, 2.45) is 0 Å². The number of benzene rings is 2. The molecule has 0 spiro atoms. The molecule has 0 aliphatic heterocycles. The quantitative estimate of drug-likeness (QED) is 0.796. The van der Waals surface area contributed by atoms with E-state index in [-0.39, 0.29) is 0 Å². The standard InChI is InChI=1S/C18H18O2S/c1-14-4-2-3-5-17(14)13-21-12-16-8-6-15(7-9-16)10-11-18(19)20/h2-11H,12-13H2,1H3,(H,19,20). The van der Waals surface area contributed by atoms with E-state index in [9.17, 15) is 4.79 Å². The van der Waals surface area contributed by atoms with Crippen molar-refractivity contribution in [3.8, 4) is 0 Å². The summed E-state index contributed by atoms with van der Waals surface area (Å²) in [5, 5.41) is 8.59. The van der Waals surface area contributed by atoms with Crippen LogP contribution in [-0.4, -0.2) is 11.1 Å². The lowest BCUT2D eigenvalue weighted by Crippen LogP contribution is -1.88. The minimum atomic E-state index is -0.923. The van der Waals surface area contributed by atoms with Crippen LogP contribution in [0.25, 0.3) is 6.08 Å². The molecule has 108 valence electrons. The number of rotatable bonds is 6. The molecule has 0 saturated heterocycles. The summed E-state index contributed by atoms with van der Waals surface area (Å²) in [7, 11) is 0. The van der Waals surface area contributed by atoms with Crippen molar-refractivity contribution >= 4 is 23.8 Å². The van der Waals surface area contributed by atoms with Crippen molar-refractivity contribution in [3.05, 3.63) is 76.9 Å². The third-order valence-electron chi connectivity index (χ3n) is 3.19. The minimum Gasteiger partial charge on any atom is -0.478 e. The van der Waals surface area contributed by atoms with Gasteiger partial charge in [0.1, 0.15) is 0 Å². The first kappa shape index (κ1) is 15.4. The summed E-state index contributed by atoms with van der Waals surface area (Å²) in [5.74, 6) is 1.04. The number of aliphatic carboxylic acids is 1. The van der Waals surface area contributed by atoms with Gasteiger partial charge in [0, 0.05) is 17.6 Å². The number of carboxylic acid groups (broad SMARTS) is 1. The predicted molar refractivity (Wildman–Crippen MR) is 89.3 cm³/mol. The summed E-state index contributed by atoms with van der Waals surface area (Å²) in [4.78, 5) is 10.5. The zero-order valence-electron chi connectivity index (χ0n) is 12.0. The molecule has 0 heterocycles. The highest BCUT2D eigenvalue weighted by molar-refractivity contribution is 7.97. The highest BCUT2D eigenvalue weighted by atomic mass is 32.2. The van der Waals surface area contributed by atoms with Gasteiger partial charge in [-0.1, -0.05) is 48.5 Å². The van der Waals surface area contributed by atoms with Gasteiger partial charge < -0.3 is 5.11 Å². The van der Waals surface area contributed by atoms with Crippen LogP contribution in [0, 0.1) is 6.92 Å². The van der Waals surface area contributed by atoms with Crippen LogP contribution < -0.4 is 0 Å². The maximum atomic E-state index is 10.5. The van der Waals surface area contributed by atoms with Crippen LogP contribution in [0.3, 0.4) is 0 Å². The van der Waals surface area contributed by atoms with Gasteiger partial charge >= 0.3 is 5.97 Å². The van der Waals surface area contributed by atoms with E-state index >= 15 is 0 Å². The molecule has 2 nitrogen and oxygen atoms in total. The SMILES string of the molecule is Cc1ccccc1CSCc1ccc(C=CC(=O)O)cc1. The van der Waals surface area contributed by atoms with Gasteiger partial charge in [-0.2, -0.15) is 11.8 Å². The Morgan fingerprint density at radius 1 is 1.10 bits per heavy atom. The summed E-state index contributed by atoms with van der Waals surface area (Å²) >= 11 is 1.89. The van der Waals surface area contributed by atoms with Crippen LogP contribution in [0.2, 0.25) is 0 Å². The molecule has 21 heavy (non-hydrogen) atoms. The molecule has 0 saturated carbocycles. The third-order valence-corrected chi connectivity index (χ3v) is 4.24. The smallest absolute Gasteiger partial charge is 0.328 e. The average Bonchev–Trinajstić information content (AvgIpc) is 2.48. The fourth-order valence-electron chi connectivity index (χ4n) is 1.94. The first-order chi connectivity index (χ1) is 10.1. The molecule has 0 atom stereocenters. The van der Waals surface area contributed by atoms with E-state index in [4.69, 9.17) is 5.11 Å². The molecule has 0 bridgehead atoms. The van der Waals surface area contributed by atoms with Crippen molar-refractivity contribution < 1.29 is 9.90 Å². The van der Waals surface area contributed by atoms with Gasteiger partial charge in [0.25, 0.3) is 0 Å². The molecule has 0 aliphatic carbocycles. The highest BCUT2D eigenvalue weighted by Gasteiger charge is 1.99. The number of hydrogen-bond donors (Lipinski definition) is 1. The van der Waals surface area contributed by atoms with E-state index in [1.165, 1.54) is 16.7 Å². The van der Waals surface area contributed by atoms with Gasteiger partial charge in [-0.25, -0.2) is 4.79 Å². The number of carbonyl (C=O) groups is 1. The molecule has 2 rings (SSSR count). The first-order valence-electron chi connectivity index (χ1n) is 6.77. The van der Waals surface area contributed by atoms with Crippen LogP contribution in [0.15, 0.2) is 54.6 Å². The zero-order valence-corrected chi connectivity index (χ0v) is 12.8. The Kier molecular flexibility index (Phi) is 5.64. The van der Waals surface area contributed by atoms with Crippen LogP contribution in [0.4, 0.5) is 0 Å². The molecule has 0 fully saturated rings. The molecule has 2 aromatic carbocycles. The van der Waals surface area contributed by atoms with Gasteiger partial charge in [0.2, 0.25) is 0 Å². The second-order valence-electron chi connectivity index (χ2n) is 4.83. The largest absolute Gasteiger partial charge is 0.478 e. The van der Waals surface area contributed by atoms with Crippen LogP contribution >= 0.6 is 11.8 Å². The monoisotopic (exact) mass is 298 g/mol. The van der Waals surface area contributed by atoms with Gasteiger partial charge in [-0.05, 0) is 35.3 Å². The molecular formula is C18H18O2S. The fourth-order valence-corrected chi connectivity index (χ4v) is 3.02. The maximum Gasteiger partial charge on any atom is 0.328 e. The minimum absolute atomic E-state index is 0.907. The topological polar surface area (TPSA) is 37.3 Å². The Hall–Kier alpha value is -2.00. The summed E-state index contributed by atoms with van der Waals surface area (Å²) < 4.78 is 0. The normalized spacial score (nSPS) is 10.9. The van der Waals surface area contributed by atoms with E-state index in [2.05, 4.69) is 31.2 Å². The molecule has 3 heteroatoms. The van der Waals surface area contributed by atoms with Crippen molar-refractivity contribution in [1.82, 2.24) is 0 Å². The number of carboxylic acids is 1. The first-order valence-corrected chi connectivity index (χ1v) is 7.93. The molecular weight excluding hydrogens is 280 g/mol. The van der Waals surface area contributed by atoms with Crippen molar-refractivity contribution in [2.75, 3.05) is 0 Å². The van der Waals surface area contributed by atoms with Gasteiger partial charge in [-0.15, -0.1) is 0 Å². The van der Waals surface area contributed by atoms with Crippen LogP contribution in [0.5, 0.6) is 0 Å². The Labute approximate surface area is 129 Å². The summed E-state index contributed by atoms with van der Waals surface area (Å²) in [5.41, 5.74) is 4.87. The van der Waals surface area contributed by atoms with Crippen LogP contribution in [-0.2, 0) is 16.3 Å². The van der Waals surface area contributed by atoms with Gasteiger partial charge in [0.15, 0.2) is 0 Å². The molecule has 0 aliphatic rings. The Morgan fingerprint density at radius 2 is 1.81 bits per heavy atom. The molecule has 0 radical (unpaired) electrons. The summed E-state index contributed by atoms with van der Waals surface area (Å²) in [6.45, 7) is 2.14. The number of aryl methyl sites for hydroxylation is 1. The fraction of sp³-hybridized carbons (Fsp3) is 0.167.